The van der Waals surface area contributed by atoms with Gasteiger partial charge in [0.25, 0.3) is 0 Å². The summed E-state index contributed by atoms with van der Waals surface area (Å²) in [6.07, 6.45) is 7.34. The molecule has 0 bridgehead atoms. The van der Waals surface area contributed by atoms with Crippen LogP contribution in [-0.2, 0) is 10.8 Å². The second-order valence-corrected chi connectivity index (χ2v) is 29.9. The molecule has 13 rings (SSSR count). The fraction of sp³-hybridized carbons (Fsp3) is 0.194. The molecular formula is C62H56N2Si2. The van der Waals surface area contributed by atoms with Gasteiger partial charge in [0.2, 0.25) is 0 Å². The predicted molar refractivity (Wildman–Crippen MR) is 287 cm³/mol. The molecule has 2 aliphatic carbocycles. The maximum absolute atomic E-state index is 2.58. The van der Waals surface area contributed by atoms with Crippen molar-refractivity contribution in [2.24, 2.45) is 0 Å². The number of rotatable bonds is 4. The summed E-state index contributed by atoms with van der Waals surface area (Å²) in [5.41, 5.74) is 21.1. The number of hydrogen-bond donors (Lipinski definition) is 0. The highest BCUT2D eigenvalue weighted by Gasteiger charge is 2.48. The molecule has 66 heavy (non-hydrogen) atoms. The summed E-state index contributed by atoms with van der Waals surface area (Å²) >= 11 is 0. The predicted octanol–water partition coefficient (Wildman–Crippen LogP) is 14.2. The first-order valence-corrected chi connectivity index (χ1v) is 29.6. The van der Waals surface area contributed by atoms with Gasteiger partial charge >= 0.3 is 0 Å². The van der Waals surface area contributed by atoms with Crippen molar-refractivity contribution in [1.29, 1.82) is 0 Å². The van der Waals surface area contributed by atoms with Crippen molar-refractivity contribution in [2.75, 3.05) is 9.80 Å². The smallest absolute Gasteiger partial charge is 0.123 e. The summed E-state index contributed by atoms with van der Waals surface area (Å²) in [5, 5.41) is 6.25. The molecule has 1 fully saturated rings. The van der Waals surface area contributed by atoms with Crippen molar-refractivity contribution in [3.05, 3.63) is 203 Å². The molecule has 0 atom stereocenters. The van der Waals surface area contributed by atoms with Gasteiger partial charge in [0.1, 0.15) is 16.1 Å². The third-order valence-corrected chi connectivity index (χ3v) is 25.6. The third-order valence-electron chi connectivity index (χ3n) is 16.8. The SMILES string of the molecule is CC1(C)c2cc(C=Cc3ccc4c(c3)C(C)(C)c3cc(N5c6ccccc6[Si]6(CCCC6)c6ccccc65)ccc3-4)ccc2-c2ccc(N3c4ccccc4[Si](C)(C)c4ccccc43)cc21. The van der Waals surface area contributed by atoms with Crippen molar-refractivity contribution in [1.82, 2.24) is 0 Å². The number of nitrogens with zero attached hydrogens (tertiary/aromatic N) is 2. The van der Waals surface area contributed by atoms with Crippen LogP contribution in [0.2, 0.25) is 25.2 Å². The first kappa shape index (κ1) is 39.9. The van der Waals surface area contributed by atoms with E-state index in [9.17, 15) is 0 Å². The van der Waals surface area contributed by atoms with Crippen LogP contribution in [0.3, 0.4) is 0 Å². The summed E-state index contributed by atoms with van der Waals surface area (Å²) in [5.74, 6) is 0. The Hall–Kier alpha value is -6.47. The number of benzene rings is 8. The Kier molecular flexibility index (Phi) is 8.47. The third kappa shape index (κ3) is 5.46. The summed E-state index contributed by atoms with van der Waals surface area (Å²) < 4.78 is 0. The number of para-hydroxylation sites is 4. The Bertz CT molecular complexity index is 3280. The Balaban J connectivity index is 0.806. The number of fused-ring (bicyclic) bond motifs is 12. The van der Waals surface area contributed by atoms with Gasteiger partial charge in [-0.05, 0) is 137 Å². The highest BCUT2D eigenvalue weighted by molar-refractivity contribution is 7.05. The molecule has 322 valence electrons. The van der Waals surface area contributed by atoms with Crippen LogP contribution in [0.25, 0.3) is 34.4 Å². The second-order valence-electron chi connectivity index (χ2n) is 21.3. The molecule has 3 aliphatic heterocycles. The average molecular weight is 885 g/mol. The van der Waals surface area contributed by atoms with Crippen LogP contribution in [0.4, 0.5) is 34.1 Å². The van der Waals surface area contributed by atoms with Crippen LogP contribution < -0.4 is 30.5 Å². The van der Waals surface area contributed by atoms with E-state index in [1.807, 2.05) is 0 Å². The zero-order valence-electron chi connectivity index (χ0n) is 39.0. The van der Waals surface area contributed by atoms with Crippen LogP contribution in [0.15, 0.2) is 170 Å². The van der Waals surface area contributed by atoms with Crippen LogP contribution in [0, 0.1) is 0 Å². The van der Waals surface area contributed by atoms with Crippen LogP contribution in [0.1, 0.15) is 73.9 Å². The minimum Gasteiger partial charge on any atom is -0.311 e. The summed E-state index contributed by atoms with van der Waals surface area (Å²) in [6.45, 7) is 14.6. The lowest BCUT2D eigenvalue weighted by Crippen LogP contribution is -2.60. The fourth-order valence-electron chi connectivity index (χ4n) is 13.3. The Morgan fingerprint density at radius 3 is 1.14 bits per heavy atom. The van der Waals surface area contributed by atoms with Crippen molar-refractivity contribution in [3.8, 4) is 22.3 Å². The molecular weight excluding hydrogens is 829 g/mol. The van der Waals surface area contributed by atoms with E-state index in [1.54, 1.807) is 10.4 Å². The molecule has 1 saturated heterocycles. The Morgan fingerprint density at radius 2 is 0.727 bits per heavy atom. The minimum absolute atomic E-state index is 0.139. The van der Waals surface area contributed by atoms with E-state index >= 15 is 0 Å². The van der Waals surface area contributed by atoms with E-state index in [0.29, 0.717) is 0 Å². The van der Waals surface area contributed by atoms with Gasteiger partial charge in [0, 0.05) is 45.0 Å². The number of hydrogen-bond acceptors (Lipinski definition) is 2. The molecule has 0 aromatic heterocycles. The molecule has 0 unspecified atom stereocenters. The second kappa shape index (κ2) is 14.0. The first-order valence-electron chi connectivity index (χ1n) is 24.2. The van der Waals surface area contributed by atoms with Crippen molar-refractivity contribution in [2.45, 2.75) is 76.5 Å². The van der Waals surface area contributed by atoms with Gasteiger partial charge < -0.3 is 9.80 Å². The van der Waals surface area contributed by atoms with E-state index in [-0.39, 0.29) is 10.8 Å². The first-order chi connectivity index (χ1) is 32.0. The normalized spacial score (nSPS) is 18.0. The van der Waals surface area contributed by atoms with Crippen molar-refractivity contribution >= 4 is 83.2 Å². The molecule has 0 radical (unpaired) electrons. The van der Waals surface area contributed by atoms with Crippen LogP contribution in [0.5, 0.6) is 0 Å². The largest absolute Gasteiger partial charge is 0.311 e. The topological polar surface area (TPSA) is 6.48 Å². The lowest BCUT2D eigenvalue weighted by Gasteiger charge is -2.43. The molecule has 3 heterocycles. The highest BCUT2D eigenvalue weighted by Crippen LogP contribution is 2.54. The molecule has 4 heteroatoms. The van der Waals surface area contributed by atoms with Gasteiger partial charge in [0.05, 0.1) is 0 Å². The van der Waals surface area contributed by atoms with Gasteiger partial charge in [-0.3, -0.25) is 0 Å². The van der Waals surface area contributed by atoms with E-state index < -0.39 is 16.1 Å². The monoisotopic (exact) mass is 884 g/mol. The number of anilines is 6. The van der Waals surface area contributed by atoms with E-state index in [2.05, 4.69) is 233 Å². The van der Waals surface area contributed by atoms with Gasteiger partial charge in [-0.2, -0.15) is 0 Å². The lowest BCUT2D eigenvalue weighted by atomic mass is 9.81. The standard InChI is InChI=1S/C62H56N2Si2/c1-61(2)49-37-41(27-31-45(49)47-33-29-43(39-51(47)61)63-53-17-7-11-21-57(53)65(5,6)58-22-12-8-18-54(58)63)25-26-42-28-32-46-48-34-30-44(40-52(48)62(3,4)50(46)38-42)64-55-19-9-13-23-59(55)66(35-15-16-36-66)60-24-14-10-20-56(60)64/h7-14,17-34,37-40H,15-16,35-36H2,1-6H3. The molecule has 8 aromatic carbocycles. The van der Waals surface area contributed by atoms with Crippen molar-refractivity contribution in [3.63, 3.8) is 0 Å². The molecule has 0 saturated carbocycles. The maximum Gasteiger partial charge on any atom is 0.123 e. The molecule has 0 N–H and O–H groups in total. The highest BCUT2D eigenvalue weighted by atomic mass is 28.3. The molecule has 1 spiro atoms. The zero-order chi connectivity index (χ0) is 44.7. The molecule has 2 nitrogen and oxygen atoms in total. The average Bonchev–Trinajstić information content (AvgIpc) is 3.98. The zero-order valence-corrected chi connectivity index (χ0v) is 41.0. The summed E-state index contributed by atoms with van der Waals surface area (Å²) in [7, 11) is -3.64. The molecule has 8 aromatic rings. The lowest BCUT2D eigenvalue weighted by molar-refractivity contribution is 0.660. The Morgan fingerprint density at radius 1 is 0.394 bits per heavy atom. The van der Waals surface area contributed by atoms with Gasteiger partial charge in [-0.1, -0.05) is 187 Å². The van der Waals surface area contributed by atoms with E-state index in [4.69, 9.17) is 0 Å². The van der Waals surface area contributed by atoms with E-state index in [1.165, 1.54) is 125 Å². The van der Waals surface area contributed by atoms with Crippen LogP contribution in [-0.4, -0.2) is 16.1 Å². The summed E-state index contributed by atoms with van der Waals surface area (Å²) in [6, 6.07) is 68.4. The van der Waals surface area contributed by atoms with Gasteiger partial charge in [-0.15, -0.1) is 0 Å². The minimum atomic E-state index is -1.85. The maximum atomic E-state index is 2.58. The summed E-state index contributed by atoms with van der Waals surface area (Å²) in [4.78, 5) is 5.10. The van der Waals surface area contributed by atoms with E-state index in [0.717, 1.165) is 0 Å². The van der Waals surface area contributed by atoms with Gasteiger partial charge in [-0.25, -0.2) is 0 Å². The molecule has 5 aliphatic rings. The molecule has 0 amide bonds. The fourth-order valence-corrected chi connectivity index (χ4v) is 21.8. The Labute approximate surface area is 393 Å². The van der Waals surface area contributed by atoms with Crippen molar-refractivity contribution < 1.29 is 0 Å². The quantitative estimate of drug-likeness (QED) is 0.128. The van der Waals surface area contributed by atoms with Crippen LogP contribution >= 0.6 is 0 Å². The van der Waals surface area contributed by atoms with Gasteiger partial charge in [0.15, 0.2) is 0 Å².